The molecule has 3 heteroatoms. The minimum atomic E-state index is -0.632. The van der Waals surface area contributed by atoms with Gasteiger partial charge in [0.2, 0.25) is 0 Å². The van der Waals surface area contributed by atoms with Gasteiger partial charge in [-0.15, -0.1) is 0 Å². The summed E-state index contributed by atoms with van der Waals surface area (Å²) in [7, 11) is 0. The Morgan fingerprint density at radius 2 is 1.68 bits per heavy atom. The molecule has 2 aromatic rings. The number of aliphatic hydroxyl groups is 1. The molecule has 0 bridgehead atoms. The van der Waals surface area contributed by atoms with Crippen LogP contribution in [-0.2, 0) is 0 Å². The van der Waals surface area contributed by atoms with E-state index in [0.29, 0.717) is 0 Å². The van der Waals surface area contributed by atoms with Gasteiger partial charge in [-0.3, -0.25) is 0 Å². The first-order valence-corrected chi connectivity index (χ1v) is 7.28. The lowest BCUT2D eigenvalue weighted by molar-refractivity contribution is 0.219. The maximum atomic E-state index is 10.5. The Kier molecular flexibility index (Phi) is 4.34. The normalized spacial score (nSPS) is 12.5. The number of rotatable bonds is 2. The van der Waals surface area contributed by atoms with Crippen molar-refractivity contribution in [2.75, 3.05) is 0 Å². The van der Waals surface area contributed by atoms with Crippen molar-refractivity contribution < 1.29 is 5.11 Å². The van der Waals surface area contributed by atoms with Gasteiger partial charge >= 0.3 is 0 Å². The summed E-state index contributed by atoms with van der Waals surface area (Å²) in [5.74, 6) is 0. The monoisotopic (exact) mass is 338 g/mol. The van der Waals surface area contributed by atoms with Crippen LogP contribution in [0.15, 0.2) is 34.8 Å². The molecule has 0 fully saturated rings. The first kappa shape index (κ1) is 14.6. The largest absolute Gasteiger partial charge is 0.384 e. The number of halogens is 2. The summed E-state index contributed by atoms with van der Waals surface area (Å²) in [4.78, 5) is 0. The average Bonchev–Trinajstić information content (AvgIpc) is 2.36. The lowest BCUT2D eigenvalue weighted by Gasteiger charge is -2.16. The highest BCUT2D eigenvalue weighted by molar-refractivity contribution is 9.10. The molecule has 0 spiro atoms. The third-order valence-corrected chi connectivity index (χ3v) is 4.62. The van der Waals surface area contributed by atoms with Gasteiger partial charge in [0.15, 0.2) is 0 Å². The minimum Gasteiger partial charge on any atom is -0.384 e. The van der Waals surface area contributed by atoms with Crippen molar-refractivity contribution in [3.8, 4) is 0 Å². The van der Waals surface area contributed by atoms with E-state index in [2.05, 4.69) is 15.9 Å². The Morgan fingerprint density at radius 1 is 1.00 bits per heavy atom. The van der Waals surface area contributed by atoms with Crippen LogP contribution in [0.4, 0.5) is 0 Å². The first-order chi connectivity index (χ1) is 8.90. The van der Waals surface area contributed by atoms with Crippen molar-refractivity contribution in [2.24, 2.45) is 0 Å². The molecule has 2 rings (SSSR count). The number of aliphatic hydroxyl groups excluding tert-OH is 1. The van der Waals surface area contributed by atoms with Gasteiger partial charge < -0.3 is 5.11 Å². The Labute approximate surface area is 127 Å². The van der Waals surface area contributed by atoms with Gasteiger partial charge in [-0.2, -0.15) is 0 Å². The number of hydrogen-bond donors (Lipinski definition) is 1. The summed E-state index contributed by atoms with van der Waals surface area (Å²) in [6, 6.07) is 9.77. The highest BCUT2D eigenvalue weighted by Gasteiger charge is 2.15. The molecule has 0 radical (unpaired) electrons. The highest BCUT2D eigenvalue weighted by Crippen LogP contribution is 2.30. The van der Waals surface area contributed by atoms with Crippen LogP contribution in [0.2, 0.25) is 5.02 Å². The van der Waals surface area contributed by atoms with E-state index in [-0.39, 0.29) is 0 Å². The molecule has 0 heterocycles. The minimum absolute atomic E-state index is 0.632. The molecule has 100 valence electrons. The first-order valence-electron chi connectivity index (χ1n) is 6.11. The van der Waals surface area contributed by atoms with E-state index in [9.17, 15) is 5.11 Å². The summed E-state index contributed by atoms with van der Waals surface area (Å²) in [6.45, 7) is 5.94. The maximum Gasteiger partial charge on any atom is 0.104 e. The van der Waals surface area contributed by atoms with Crippen molar-refractivity contribution >= 4 is 27.5 Å². The van der Waals surface area contributed by atoms with Crippen molar-refractivity contribution in [3.05, 3.63) is 67.6 Å². The van der Waals surface area contributed by atoms with Crippen LogP contribution in [0.3, 0.4) is 0 Å². The molecule has 0 aliphatic carbocycles. The Bertz CT molecular complexity index is 622. The quantitative estimate of drug-likeness (QED) is 0.806. The van der Waals surface area contributed by atoms with Crippen molar-refractivity contribution in [2.45, 2.75) is 26.9 Å². The zero-order chi connectivity index (χ0) is 14.2. The molecule has 0 aliphatic rings. The van der Waals surface area contributed by atoms with E-state index < -0.39 is 6.10 Å². The van der Waals surface area contributed by atoms with E-state index in [1.807, 2.05) is 51.1 Å². The SMILES string of the molecule is Cc1cc(C(O)c2ccc(C)c(Br)c2)c(C)cc1Cl. The van der Waals surface area contributed by atoms with Gasteiger partial charge in [0, 0.05) is 9.50 Å². The molecule has 1 nitrogen and oxygen atoms in total. The van der Waals surface area contributed by atoms with E-state index in [1.54, 1.807) is 0 Å². The zero-order valence-electron chi connectivity index (χ0n) is 11.2. The van der Waals surface area contributed by atoms with Crippen LogP contribution in [0.1, 0.15) is 33.9 Å². The molecule has 0 aliphatic heterocycles. The summed E-state index contributed by atoms with van der Waals surface area (Å²) in [6.07, 6.45) is -0.632. The molecule has 1 N–H and O–H groups in total. The molecular weight excluding hydrogens is 324 g/mol. The molecular formula is C16H16BrClO. The van der Waals surface area contributed by atoms with Crippen LogP contribution < -0.4 is 0 Å². The van der Waals surface area contributed by atoms with Crippen LogP contribution in [0.5, 0.6) is 0 Å². The Hall–Kier alpha value is -0.830. The van der Waals surface area contributed by atoms with E-state index in [1.165, 1.54) is 0 Å². The zero-order valence-corrected chi connectivity index (χ0v) is 13.5. The number of hydrogen-bond acceptors (Lipinski definition) is 1. The Balaban J connectivity index is 2.46. The van der Waals surface area contributed by atoms with Crippen LogP contribution in [-0.4, -0.2) is 5.11 Å². The second-order valence-corrected chi connectivity index (χ2v) is 6.13. The fraction of sp³-hybridized carbons (Fsp3) is 0.250. The summed E-state index contributed by atoms with van der Waals surface area (Å²) in [5.41, 5.74) is 4.91. The average molecular weight is 340 g/mol. The second-order valence-electron chi connectivity index (χ2n) is 4.87. The van der Waals surface area contributed by atoms with E-state index >= 15 is 0 Å². The number of benzene rings is 2. The molecule has 1 unspecified atom stereocenters. The molecule has 19 heavy (non-hydrogen) atoms. The molecule has 0 amide bonds. The predicted octanol–water partition coefficient (Wildman–Crippen LogP) is 5.11. The third kappa shape index (κ3) is 3.02. The van der Waals surface area contributed by atoms with E-state index in [0.717, 1.165) is 37.3 Å². The van der Waals surface area contributed by atoms with Crippen molar-refractivity contribution in [1.82, 2.24) is 0 Å². The standard InChI is InChI=1S/C16H16BrClO/c1-9-4-5-12(8-14(9)17)16(19)13-6-11(3)15(18)7-10(13)2/h4-8,16,19H,1-3H3. The predicted molar refractivity (Wildman–Crippen MR) is 83.9 cm³/mol. The van der Waals surface area contributed by atoms with Gasteiger partial charge in [0.1, 0.15) is 6.10 Å². The lowest BCUT2D eigenvalue weighted by atomic mass is 9.95. The van der Waals surface area contributed by atoms with Crippen LogP contribution in [0.25, 0.3) is 0 Å². The maximum absolute atomic E-state index is 10.5. The smallest absolute Gasteiger partial charge is 0.104 e. The van der Waals surface area contributed by atoms with Gasteiger partial charge in [0.25, 0.3) is 0 Å². The number of aryl methyl sites for hydroxylation is 3. The fourth-order valence-electron chi connectivity index (χ4n) is 2.06. The summed E-state index contributed by atoms with van der Waals surface area (Å²) < 4.78 is 1.01. The molecule has 0 saturated heterocycles. The molecule has 0 aromatic heterocycles. The van der Waals surface area contributed by atoms with Gasteiger partial charge in [-0.05, 0) is 60.7 Å². The highest BCUT2D eigenvalue weighted by atomic mass is 79.9. The fourth-order valence-corrected chi connectivity index (χ4v) is 2.67. The van der Waals surface area contributed by atoms with Gasteiger partial charge in [-0.25, -0.2) is 0 Å². The molecule has 0 saturated carbocycles. The van der Waals surface area contributed by atoms with Crippen molar-refractivity contribution in [3.63, 3.8) is 0 Å². The van der Waals surface area contributed by atoms with Crippen molar-refractivity contribution in [1.29, 1.82) is 0 Å². The van der Waals surface area contributed by atoms with E-state index in [4.69, 9.17) is 11.6 Å². The van der Waals surface area contributed by atoms with Crippen LogP contribution >= 0.6 is 27.5 Å². The van der Waals surface area contributed by atoms with Gasteiger partial charge in [-0.1, -0.05) is 45.7 Å². The topological polar surface area (TPSA) is 20.2 Å². The second kappa shape index (κ2) is 5.66. The Morgan fingerprint density at radius 3 is 2.32 bits per heavy atom. The third-order valence-electron chi connectivity index (χ3n) is 3.35. The molecule has 1 atom stereocenters. The summed E-state index contributed by atoms with van der Waals surface area (Å²) >= 11 is 9.59. The lowest BCUT2D eigenvalue weighted by Crippen LogP contribution is -2.03. The van der Waals surface area contributed by atoms with Gasteiger partial charge in [0.05, 0.1) is 0 Å². The van der Waals surface area contributed by atoms with Crippen LogP contribution in [0, 0.1) is 20.8 Å². The summed E-state index contributed by atoms with van der Waals surface area (Å²) in [5, 5.41) is 11.3. The molecule has 2 aromatic carbocycles.